The highest BCUT2D eigenvalue weighted by molar-refractivity contribution is 7.86. The van der Waals surface area contributed by atoms with Crippen molar-refractivity contribution in [1.82, 2.24) is 23.6 Å². The Balaban J connectivity index is 1.68. The zero-order valence-corrected chi connectivity index (χ0v) is 13.9. The molecule has 1 atom stereocenters. The number of rotatable bonds is 5. The maximum absolute atomic E-state index is 12.1. The Bertz CT molecular complexity index is 760. The van der Waals surface area contributed by atoms with Crippen LogP contribution in [0.3, 0.4) is 0 Å². The number of aromatic nitrogens is 3. The minimum atomic E-state index is -3.34. The minimum absolute atomic E-state index is 0.235. The van der Waals surface area contributed by atoms with E-state index in [0.29, 0.717) is 31.1 Å². The van der Waals surface area contributed by atoms with Gasteiger partial charge >= 0.3 is 0 Å². The molecule has 9 heteroatoms. The van der Waals surface area contributed by atoms with Gasteiger partial charge in [-0.3, -0.25) is 4.98 Å². The van der Waals surface area contributed by atoms with Crippen LogP contribution in [0, 0.1) is 5.92 Å². The molecule has 1 aliphatic heterocycles. The summed E-state index contributed by atoms with van der Waals surface area (Å²) < 4.78 is 32.3. The molecule has 0 aromatic carbocycles. The first-order valence-electron chi connectivity index (χ1n) is 7.35. The van der Waals surface area contributed by atoms with Gasteiger partial charge in [0, 0.05) is 33.4 Å². The Labute approximate surface area is 135 Å². The van der Waals surface area contributed by atoms with Gasteiger partial charge in [0.05, 0.1) is 18.1 Å². The summed E-state index contributed by atoms with van der Waals surface area (Å²) in [6, 6.07) is 0. The summed E-state index contributed by atoms with van der Waals surface area (Å²) in [5.41, 5.74) is 1.40. The molecule has 0 spiro atoms. The molecule has 8 nitrogen and oxygen atoms in total. The van der Waals surface area contributed by atoms with E-state index in [0.717, 1.165) is 12.1 Å². The summed E-state index contributed by atoms with van der Waals surface area (Å²) in [4.78, 5) is 12.7. The van der Waals surface area contributed by atoms with Gasteiger partial charge in [0.2, 0.25) is 5.89 Å². The van der Waals surface area contributed by atoms with Crippen LogP contribution < -0.4 is 0 Å². The van der Waals surface area contributed by atoms with E-state index >= 15 is 0 Å². The second kappa shape index (κ2) is 6.34. The van der Waals surface area contributed by atoms with Gasteiger partial charge in [-0.2, -0.15) is 17.0 Å². The molecule has 124 valence electrons. The number of oxazole rings is 1. The van der Waals surface area contributed by atoms with Crippen molar-refractivity contribution in [3.63, 3.8) is 0 Å². The first kappa shape index (κ1) is 16.0. The van der Waals surface area contributed by atoms with Crippen LogP contribution in [0.1, 0.15) is 12.1 Å². The molecule has 0 bridgehead atoms. The molecule has 0 amide bonds. The van der Waals surface area contributed by atoms with Crippen molar-refractivity contribution in [3.05, 3.63) is 30.5 Å². The molecule has 1 aliphatic rings. The van der Waals surface area contributed by atoms with E-state index in [9.17, 15) is 8.42 Å². The van der Waals surface area contributed by atoms with Crippen molar-refractivity contribution in [2.24, 2.45) is 5.92 Å². The molecule has 3 heterocycles. The van der Waals surface area contributed by atoms with Gasteiger partial charge in [0.15, 0.2) is 0 Å². The van der Waals surface area contributed by atoms with Gasteiger partial charge in [-0.1, -0.05) is 0 Å². The van der Waals surface area contributed by atoms with Crippen molar-refractivity contribution < 1.29 is 12.8 Å². The second-order valence-electron chi connectivity index (χ2n) is 5.74. The Kier molecular flexibility index (Phi) is 4.42. The summed E-state index contributed by atoms with van der Waals surface area (Å²) in [6.45, 7) is 1.05. The molecular weight excluding hydrogens is 318 g/mol. The van der Waals surface area contributed by atoms with E-state index in [1.54, 1.807) is 32.7 Å². The van der Waals surface area contributed by atoms with Crippen molar-refractivity contribution in [3.8, 4) is 11.6 Å². The fourth-order valence-corrected chi connectivity index (χ4v) is 3.85. The molecule has 0 saturated carbocycles. The monoisotopic (exact) mass is 337 g/mol. The highest BCUT2D eigenvalue weighted by Gasteiger charge is 2.32. The van der Waals surface area contributed by atoms with E-state index in [1.807, 2.05) is 0 Å². The first-order valence-corrected chi connectivity index (χ1v) is 8.75. The van der Waals surface area contributed by atoms with Crippen LogP contribution in [0.2, 0.25) is 0 Å². The van der Waals surface area contributed by atoms with Gasteiger partial charge in [-0.25, -0.2) is 9.97 Å². The first-order chi connectivity index (χ1) is 11.0. The van der Waals surface area contributed by atoms with Gasteiger partial charge in [-0.05, 0) is 18.8 Å². The van der Waals surface area contributed by atoms with Gasteiger partial charge in [0.25, 0.3) is 10.2 Å². The Morgan fingerprint density at radius 1 is 1.39 bits per heavy atom. The summed E-state index contributed by atoms with van der Waals surface area (Å²) >= 11 is 0. The molecule has 2 aromatic heterocycles. The van der Waals surface area contributed by atoms with Gasteiger partial charge in [0.1, 0.15) is 12.0 Å². The molecule has 0 aliphatic carbocycles. The van der Waals surface area contributed by atoms with Crippen LogP contribution >= 0.6 is 0 Å². The summed E-state index contributed by atoms with van der Waals surface area (Å²) in [5, 5.41) is 0. The predicted molar refractivity (Wildman–Crippen MR) is 83.5 cm³/mol. The fourth-order valence-electron chi connectivity index (χ4n) is 2.66. The largest absolute Gasteiger partial charge is 0.443 e. The van der Waals surface area contributed by atoms with Gasteiger partial charge < -0.3 is 4.42 Å². The third-order valence-electron chi connectivity index (χ3n) is 3.87. The normalized spacial score (nSPS) is 19.5. The average Bonchev–Trinajstić information content (AvgIpc) is 3.19. The Morgan fingerprint density at radius 2 is 2.22 bits per heavy atom. The zero-order valence-electron chi connectivity index (χ0n) is 13.1. The lowest BCUT2D eigenvalue weighted by molar-refractivity contribution is 0.409. The molecule has 2 aromatic rings. The molecule has 0 N–H and O–H groups in total. The van der Waals surface area contributed by atoms with Crippen molar-refractivity contribution in [2.75, 3.05) is 27.2 Å². The zero-order chi connectivity index (χ0) is 16.4. The molecule has 3 rings (SSSR count). The topological polar surface area (TPSA) is 92.4 Å². The summed E-state index contributed by atoms with van der Waals surface area (Å²) in [6.07, 6.45) is 7.86. The third kappa shape index (κ3) is 3.41. The molecule has 1 fully saturated rings. The summed E-state index contributed by atoms with van der Waals surface area (Å²) in [7, 11) is -0.241. The van der Waals surface area contributed by atoms with E-state index in [1.165, 1.54) is 14.9 Å². The smallest absolute Gasteiger partial charge is 0.281 e. The highest BCUT2D eigenvalue weighted by Crippen LogP contribution is 2.24. The minimum Gasteiger partial charge on any atom is -0.443 e. The maximum Gasteiger partial charge on any atom is 0.281 e. The van der Waals surface area contributed by atoms with E-state index in [4.69, 9.17) is 4.42 Å². The lowest BCUT2D eigenvalue weighted by atomic mass is 10.0. The average molecular weight is 337 g/mol. The van der Waals surface area contributed by atoms with Crippen molar-refractivity contribution in [2.45, 2.75) is 12.8 Å². The van der Waals surface area contributed by atoms with E-state index in [2.05, 4.69) is 15.0 Å². The van der Waals surface area contributed by atoms with Crippen LogP contribution in [-0.2, 0) is 16.6 Å². The lowest BCUT2D eigenvalue weighted by Crippen LogP contribution is -2.38. The quantitative estimate of drug-likeness (QED) is 0.801. The van der Waals surface area contributed by atoms with Crippen molar-refractivity contribution >= 4 is 10.2 Å². The van der Waals surface area contributed by atoms with Crippen LogP contribution in [-0.4, -0.2) is 59.2 Å². The van der Waals surface area contributed by atoms with Crippen molar-refractivity contribution in [1.29, 1.82) is 0 Å². The second-order valence-corrected chi connectivity index (χ2v) is 7.88. The fraction of sp³-hybridized carbons (Fsp3) is 0.500. The Morgan fingerprint density at radius 3 is 2.91 bits per heavy atom. The molecule has 1 saturated heterocycles. The maximum atomic E-state index is 12.1. The van der Waals surface area contributed by atoms with Crippen LogP contribution in [0.4, 0.5) is 0 Å². The van der Waals surface area contributed by atoms with Gasteiger partial charge in [-0.15, -0.1) is 0 Å². The van der Waals surface area contributed by atoms with Crippen LogP contribution in [0.25, 0.3) is 11.6 Å². The van der Waals surface area contributed by atoms with Crippen LogP contribution in [0.15, 0.2) is 29.3 Å². The SMILES string of the molecule is CN(C)S(=O)(=O)N1CC[C@@H](Cc2cncc(-c3ncco3)n2)C1. The standard InChI is InChI=1S/C14H19N5O3S/c1-18(2)23(20,21)19-5-3-11(10-19)7-12-8-15-9-13(17-12)14-16-4-6-22-14/h4,6,8-9,11H,3,5,7,10H2,1-2H3/t11-/m0/s1. The highest BCUT2D eigenvalue weighted by atomic mass is 32.2. The van der Waals surface area contributed by atoms with E-state index < -0.39 is 10.2 Å². The van der Waals surface area contributed by atoms with Crippen LogP contribution in [0.5, 0.6) is 0 Å². The molecule has 0 radical (unpaired) electrons. The summed E-state index contributed by atoms with van der Waals surface area (Å²) in [5.74, 6) is 0.668. The molecule has 0 unspecified atom stereocenters. The molecular formula is C14H19N5O3S. The number of hydrogen-bond acceptors (Lipinski definition) is 6. The molecule has 23 heavy (non-hydrogen) atoms. The number of nitrogens with zero attached hydrogens (tertiary/aromatic N) is 5. The van der Waals surface area contributed by atoms with E-state index in [-0.39, 0.29) is 5.92 Å². The third-order valence-corrected chi connectivity index (χ3v) is 5.78. The lowest BCUT2D eigenvalue weighted by Gasteiger charge is -2.20. The Hall–Kier alpha value is -1.84. The number of hydrogen-bond donors (Lipinski definition) is 0. The predicted octanol–water partition coefficient (Wildman–Crippen LogP) is 0.802.